The molecule has 0 bridgehead atoms. The molecule has 26 heavy (non-hydrogen) atoms. The maximum Gasteiger partial charge on any atom is 0.299 e. The van der Waals surface area contributed by atoms with Crippen molar-refractivity contribution in [2.75, 3.05) is 30.3 Å². The zero-order valence-electron chi connectivity index (χ0n) is 14.4. The highest BCUT2D eigenvalue weighted by Crippen LogP contribution is 2.28. The molecule has 140 valence electrons. The lowest BCUT2D eigenvalue weighted by molar-refractivity contribution is -0.524. The standard InChI is InChI=1S/C18H21ClN4O2.ClH/c1-13(14-4-2-5-15(19)10-14)21-8-9-22(18(12-21)23(24)25)17-7-3-6-16(20)11-17;/h2-7,10-11,13,18H,8-9,12,20H2,1H3;1H. The highest BCUT2D eigenvalue weighted by molar-refractivity contribution is 6.30. The van der Waals surface area contributed by atoms with Crippen LogP contribution < -0.4 is 10.6 Å². The third kappa shape index (κ3) is 4.38. The Morgan fingerprint density at radius 1 is 1.23 bits per heavy atom. The van der Waals surface area contributed by atoms with Crippen molar-refractivity contribution in [1.82, 2.24) is 4.90 Å². The van der Waals surface area contributed by atoms with Gasteiger partial charge in [0.25, 0.3) is 6.17 Å². The molecule has 6 nitrogen and oxygen atoms in total. The van der Waals surface area contributed by atoms with Gasteiger partial charge < -0.3 is 10.6 Å². The average molecular weight is 397 g/mol. The summed E-state index contributed by atoms with van der Waals surface area (Å²) in [5.74, 6) is 0. The van der Waals surface area contributed by atoms with E-state index in [0.29, 0.717) is 23.8 Å². The van der Waals surface area contributed by atoms with Gasteiger partial charge in [-0.05, 0) is 42.8 Å². The first-order valence-corrected chi connectivity index (χ1v) is 8.58. The summed E-state index contributed by atoms with van der Waals surface area (Å²) in [6.07, 6.45) is -0.808. The van der Waals surface area contributed by atoms with Crippen LogP contribution in [0.4, 0.5) is 11.4 Å². The minimum absolute atomic E-state index is 0. The van der Waals surface area contributed by atoms with Gasteiger partial charge in [-0.2, -0.15) is 0 Å². The highest BCUT2D eigenvalue weighted by atomic mass is 35.5. The number of nitrogens with zero attached hydrogens (tertiary/aromatic N) is 3. The van der Waals surface area contributed by atoms with Crippen molar-refractivity contribution in [2.45, 2.75) is 19.1 Å². The van der Waals surface area contributed by atoms with Crippen LogP contribution in [-0.4, -0.2) is 35.6 Å². The van der Waals surface area contributed by atoms with Crippen LogP contribution in [0, 0.1) is 10.1 Å². The quantitative estimate of drug-likeness (QED) is 0.482. The number of benzene rings is 2. The van der Waals surface area contributed by atoms with Gasteiger partial charge in [0.05, 0.1) is 6.54 Å². The van der Waals surface area contributed by atoms with E-state index in [9.17, 15) is 10.1 Å². The molecule has 0 aromatic heterocycles. The number of hydrogen-bond donors (Lipinski definition) is 1. The molecule has 1 aliphatic heterocycles. The zero-order chi connectivity index (χ0) is 18.0. The predicted octanol–water partition coefficient (Wildman–Crippen LogP) is 3.83. The molecule has 0 radical (unpaired) electrons. The zero-order valence-corrected chi connectivity index (χ0v) is 16.0. The lowest BCUT2D eigenvalue weighted by Gasteiger charge is -2.40. The summed E-state index contributed by atoms with van der Waals surface area (Å²) in [5, 5.41) is 12.3. The van der Waals surface area contributed by atoms with Crippen LogP contribution in [0.25, 0.3) is 0 Å². The fourth-order valence-corrected chi connectivity index (χ4v) is 3.50. The maximum absolute atomic E-state index is 11.7. The monoisotopic (exact) mass is 396 g/mol. The Kier molecular flexibility index (Phi) is 6.69. The Balaban J connectivity index is 0.00000243. The van der Waals surface area contributed by atoms with Gasteiger partial charge in [0.15, 0.2) is 0 Å². The molecule has 2 aromatic rings. The minimum Gasteiger partial charge on any atom is -0.399 e. The Morgan fingerprint density at radius 3 is 2.62 bits per heavy atom. The van der Waals surface area contributed by atoms with Gasteiger partial charge in [0, 0.05) is 40.5 Å². The van der Waals surface area contributed by atoms with E-state index in [1.807, 2.05) is 41.3 Å². The van der Waals surface area contributed by atoms with Gasteiger partial charge in [-0.1, -0.05) is 29.8 Å². The number of nitrogen functional groups attached to an aromatic ring is 1. The molecule has 1 aliphatic rings. The Hall–Kier alpha value is -2.02. The van der Waals surface area contributed by atoms with Crippen LogP contribution in [0.2, 0.25) is 5.02 Å². The molecule has 0 aliphatic carbocycles. The summed E-state index contributed by atoms with van der Waals surface area (Å²) in [7, 11) is 0. The van der Waals surface area contributed by atoms with Crippen molar-refractivity contribution < 1.29 is 4.92 Å². The van der Waals surface area contributed by atoms with E-state index in [1.165, 1.54) is 0 Å². The van der Waals surface area contributed by atoms with Crippen molar-refractivity contribution in [2.24, 2.45) is 0 Å². The Labute approximate surface area is 164 Å². The molecule has 0 spiro atoms. The fourth-order valence-electron chi connectivity index (χ4n) is 3.30. The SMILES string of the molecule is CC(c1cccc(Cl)c1)N1CCN(c2cccc(N)c2)C([N+](=O)[O-])C1.Cl. The van der Waals surface area contributed by atoms with E-state index in [1.54, 1.807) is 12.1 Å². The first-order valence-electron chi connectivity index (χ1n) is 8.21. The lowest BCUT2D eigenvalue weighted by Crippen LogP contribution is -2.57. The van der Waals surface area contributed by atoms with Gasteiger partial charge >= 0.3 is 0 Å². The predicted molar refractivity (Wildman–Crippen MR) is 108 cm³/mol. The summed E-state index contributed by atoms with van der Waals surface area (Å²) in [6.45, 7) is 3.70. The van der Waals surface area contributed by atoms with E-state index in [2.05, 4.69) is 11.8 Å². The number of nitro groups is 1. The second kappa shape index (κ2) is 8.58. The smallest absolute Gasteiger partial charge is 0.299 e. The van der Waals surface area contributed by atoms with E-state index in [0.717, 1.165) is 17.8 Å². The van der Waals surface area contributed by atoms with Crippen LogP contribution >= 0.6 is 24.0 Å². The number of nitrogens with two attached hydrogens (primary N) is 1. The first kappa shape index (κ1) is 20.3. The Morgan fingerprint density at radius 2 is 1.96 bits per heavy atom. The fraction of sp³-hybridized carbons (Fsp3) is 0.333. The summed E-state index contributed by atoms with van der Waals surface area (Å²) >= 11 is 6.08. The summed E-state index contributed by atoms with van der Waals surface area (Å²) < 4.78 is 0. The van der Waals surface area contributed by atoms with Crippen molar-refractivity contribution in [3.63, 3.8) is 0 Å². The summed E-state index contributed by atoms with van der Waals surface area (Å²) in [6, 6.07) is 15.0. The topological polar surface area (TPSA) is 75.6 Å². The van der Waals surface area contributed by atoms with Crippen LogP contribution in [0.5, 0.6) is 0 Å². The normalized spacial score (nSPS) is 18.8. The van der Waals surface area contributed by atoms with Crippen molar-refractivity contribution in [3.8, 4) is 0 Å². The number of piperazine rings is 1. The molecule has 0 amide bonds. The molecule has 1 saturated heterocycles. The van der Waals surface area contributed by atoms with Crippen LogP contribution in [0.15, 0.2) is 48.5 Å². The molecule has 1 heterocycles. The van der Waals surface area contributed by atoms with Crippen molar-refractivity contribution in [3.05, 3.63) is 69.2 Å². The molecule has 1 fully saturated rings. The van der Waals surface area contributed by atoms with Gasteiger partial charge in [-0.3, -0.25) is 15.0 Å². The third-order valence-electron chi connectivity index (χ3n) is 4.71. The number of rotatable bonds is 4. The molecule has 2 atom stereocenters. The minimum atomic E-state index is -0.808. The molecule has 2 N–H and O–H groups in total. The molecule has 2 aromatic carbocycles. The van der Waals surface area contributed by atoms with E-state index >= 15 is 0 Å². The van der Waals surface area contributed by atoms with Crippen LogP contribution in [0.3, 0.4) is 0 Å². The Bertz CT molecular complexity index is 774. The maximum atomic E-state index is 11.7. The molecular formula is C18H22Cl2N4O2. The van der Waals surface area contributed by atoms with E-state index in [4.69, 9.17) is 17.3 Å². The highest BCUT2D eigenvalue weighted by Gasteiger charge is 2.37. The lowest BCUT2D eigenvalue weighted by atomic mass is 10.1. The molecular weight excluding hydrogens is 375 g/mol. The number of halogens is 2. The van der Waals surface area contributed by atoms with Gasteiger partial charge in [0.1, 0.15) is 0 Å². The van der Waals surface area contributed by atoms with Gasteiger partial charge in [-0.25, -0.2) is 0 Å². The van der Waals surface area contributed by atoms with E-state index in [-0.39, 0.29) is 23.4 Å². The molecule has 3 rings (SSSR count). The average Bonchev–Trinajstić information content (AvgIpc) is 2.60. The molecule has 0 saturated carbocycles. The summed E-state index contributed by atoms with van der Waals surface area (Å²) in [5.41, 5.74) is 8.29. The van der Waals surface area contributed by atoms with Gasteiger partial charge in [0.2, 0.25) is 0 Å². The molecule has 2 unspecified atom stereocenters. The summed E-state index contributed by atoms with van der Waals surface area (Å²) in [4.78, 5) is 15.4. The second-order valence-electron chi connectivity index (χ2n) is 6.28. The third-order valence-corrected chi connectivity index (χ3v) is 4.94. The van der Waals surface area contributed by atoms with Crippen LogP contribution in [-0.2, 0) is 0 Å². The van der Waals surface area contributed by atoms with Crippen molar-refractivity contribution in [1.29, 1.82) is 0 Å². The number of anilines is 2. The van der Waals surface area contributed by atoms with Gasteiger partial charge in [-0.15, -0.1) is 12.4 Å². The van der Waals surface area contributed by atoms with E-state index < -0.39 is 6.17 Å². The first-order chi connectivity index (χ1) is 12.0. The number of hydrogen-bond acceptors (Lipinski definition) is 5. The van der Waals surface area contributed by atoms with Crippen LogP contribution in [0.1, 0.15) is 18.5 Å². The molecule has 8 heteroatoms. The van der Waals surface area contributed by atoms with Crippen molar-refractivity contribution >= 4 is 35.4 Å². The largest absolute Gasteiger partial charge is 0.399 e. The second-order valence-corrected chi connectivity index (χ2v) is 6.72.